The van der Waals surface area contributed by atoms with Crippen LogP contribution in [0, 0.1) is 0 Å². The SMILES string of the molecule is CC(C)NC(=O)CNCCS(=O)(=O)C(C)C. The molecule has 0 aromatic carbocycles. The molecule has 0 atom stereocenters. The van der Waals surface area contributed by atoms with Crippen LogP contribution >= 0.6 is 0 Å². The van der Waals surface area contributed by atoms with Gasteiger partial charge in [-0.1, -0.05) is 0 Å². The Labute approximate surface area is 97.9 Å². The summed E-state index contributed by atoms with van der Waals surface area (Å²) in [7, 11) is -3.01. The van der Waals surface area contributed by atoms with Crippen LogP contribution in [0.4, 0.5) is 0 Å². The standard InChI is InChI=1S/C10H22N2O3S/c1-8(2)12-10(13)7-11-5-6-16(14,15)9(3)4/h8-9,11H,5-7H2,1-4H3,(H,12,13). The third-order valence-electron chi connectivity index (χ3n) is 2.02. The van der Waals surface area contributed by atoms with Gasteiger partial charge in [0.1, 0.15) is 0 Å². The average molecular weight is 250 g/mol. The highest BCUT2D eigenvalue weighted by Crippen LogP contribution is 1.98. The van der Waals surface area contributed by atoms with Gasteiger partial charge in [0.2, 0.25) is 5.91 Å². The smallest absolute Gasteiger partial charge is 0.234 e. The minimum Gasteiger partial charge on any atom is -0.353 e. The van der Waals surface area contributed by atoms with Crippen molar-refractivity contribution in [3.05, 3.63) is 0 Å². The minimum atomic E-state index is -3.01. The number of carbonyl (C=O) groups is 1. The highest BCUT2D eigenvalue weighted by atomic mass is 32.2. The maximum absolute atomic E-state index is 11.4. The first-order valence-corrected chi connectivity index (χ1v) is 7.19. The molecule has 2 N–H and O–H groups in total. The topological polar surface area (TPSA) is 75.3 Å². The van der Waals surface area contributed by atoms with Crippen LogP contribution in [0.25, 0.3) is 0 Å². The number of hydrogen-bond acceptors (Lipinski definition) is 4. The maximum Gasteiger partial charge on any atom is 0.234 e. The number of rotatable bonds is 7. The van der Waals surface area contributed by atoms with Crippen LogP contribution < -0.4 is 10.6 Å². The molecule has 1 amide bonds. The lowest BCUT2D eigenvalue weighted by molar-refractivity contribution is -0.120. The van der Waals surface area contributed by atoms with Crippen LogP contribution in [0.5, 0.6) is 0 Å². The third-order valence-corrected chi connectivity index (χ3v) is 4.23. The van der Waals surface area contributed by atoms with Gasteiger partial charge in [0.25, 0.3) is 0 Å². The van der Waals surface area contributed by atoms with Crippen LogP contribution in [-0.4, -0.2) is 44.5 Å². The molecule has 0 rings (SSSR count). The van der Waals surface area contributed by atoms with Crippen LogP contribution in [0.1, 0.15) is 27.7 Å². The van der Waals surface area contributed by atoms with Crippen molar-refractivity contribution < 1.29 is 13.2 Å². The molecule has 0 aliphatic carbocycles. The van der Waals surface area contributed by atoms with E-state index in [1.165, 1.54) is 0 Å². The molecule has 16 heavy (non-hydrogen) atoms. The molecule has 0 aliphatic rings. The van der Waals surface area contributed by atoms with Gasteiger partial charge >= 0.3 is 0 Å². The molecule has 96 valence electrons. The fraction of sp³-hybridized carbons (Fsp3) is 0.900. The number of carbonyl (C=O) groups excluding carboxylic acids is 1. The molecule has 0 fully saturated rings. The predicted molar refractivity (Wildman–Crippen MR) is 65.1 cm³/mol. The fourth-order valence-electron chi connectivity index (χ4n) is 1.03. The molecule has 0 spiro atoms. The van der Waals surface area contributed by atoms with Gasteiger partial charge < -0.3 is 10.6 Å². The molecule has 0 radical (unpaired) electrons. The monoisotopic (exact) mass is 250 g/mol. The van der Waals surface area contributed by atoms with Gasteiger partial charge in [-0.3, -0.25) is 4.79 Å². The number of amides is 1. The zero-order valence-corrected chi connectivity index (χ0v) is 11.2. The van der Waals surface area contributed by atoms with Crippen molar-refractivity contribution in [3.63, 3.8) is 0 Å². The summed E-state index contributed by atoms with van der Waals surface area (Å²) in [5, 5.41) is 5.16. The number of sulfone groups is 1. The molecule has 6 heteroatoms. The van der Waals surface area contributed by atoms with E-state index in [4.69, 9.17) is 0 Å². The zero-order valence-electron chi connectivity index (χ0n) is 10.4. The summed E-state index contributed by atoms with van der Waals surface area (Å²) >= 11 is 0. The summed E-state index contributed by atoms with van der Waals surface area (Å²) in [6.45, 7) is 7.53. The first-order chi connectivity index (χ1) is 7.25. The molecule has 0 aliphatic heterocycles. The second-order valence-corrected chi connectivity index (χ2v) is 6.99. The second-order valence-electron chi connectivity index (χ2n) is 4.31. The van der Waals surface area contributed by atoms with Crippen molar-refractivity contribution in [2.75, 3.05) is 18.8 Å². The van der Waals surface area contributed by atoms with Crippen LogP contribution in [0.15, 0.2) is 0 Å². The van der Waals surface area contributed by atoms with E-state index in [-0.39, 0.29) is 29.5 Å². The highest BCUT2D eigenvalue weighted by molar-refractivity contribution is 7.92. The molecule has 0 bridgehead atoms. The molecule has 0 aromatic rings. The highest BCUT2D eigenvalue weighted by Gasteiger charge is 2.15. The van der Waals surface area contributed by atoms with E-state index in [1.54, 1.807) is 13.8 Å². The summed E-state index contributed by atoms with van der Waals surface area (Å²) in [6, 6.07) is 0.105. The first-order valence-electron chi connectivity index (χ1n) is 5.47. The molecular formula is C10H22N2O3S. The van der Waals surface area contributed by atoms with Gasteiger partial charge in [0.15, 0.2) is 9.84 Å². The second kappa shape index (κ2) is 6.85. The Morgan fingerprint density at radius 2 is 1.75 bits per heavy atom. The van der Waals surface area contributed by atoms with Gasteiger partial charge in [-0.25, -0.2) is 8.42 Å². The summed E-state index contributed by atoms with van der Waals surface area (Å²) in [5.41, 5.74) is 0. The van der Waals surface area contributed by atoms with E-state index in [0.717, 1.165) is 0 Å². The molecule has 0 unspecified atom stereocenters. The molecule has 0 aromatic heterocycles. The van der Waals surface area contributed by atoms with Gasteiger partial charge in [0.05, 0.1) is 17.5 Å². The van der Waals surface area contributed by atoms with Gasteiger partial charge in [-0.15, -0.1) is 0 Å². The minimum absolute atomic E-state index is 0.0691. The van der Waals surface area contributed by atoms with Crippen molar-refractivity contribution in [3.8, 4) is 0 Å². The van der Waals surface area contributed by atoms with Gasteiger partial charge in [-0.05, 0) is 27.7 Å². The van der Waals surface area contributed by atoms with E-state index in [0.29, 0.717) is 6.54 Å². The van der Waals surface area contributed by atoms with E-state index in [2.05, 4.69) is 10.6 Å². The summed E-state index contributed by atoms with van der Waals surface area (Å²) in [5.74, 6) is -0.0449. The zero-order chi connectivity index (χ0) is 12.8. The largest absolute Gasteiger partial charge is 0.353 e. The van der Waals surface area contributed by atoms with E-state index >= 15 is 0 Å². The van der Waals surface area contributed by atoms with E-state index in [9.17, 15) is 13.2 Å². The molecule has 0 heterocycles. The molecule has 5 nitrogen and oxygen atoms in total. The first kappa shape index (κ1) is 15.4. The van der Waals surface area contributed by atoms with Crippen molar-refractivity contribution in [1.29, 1.82) is 0 Å². The molecule has 0 saturated heterocycles. The Morgan fingerprint density at radius 3 is 2.19 bits per heavy atom. The Bertz CT molecular complexity index is 310. The summed E-state index contributed by atoms with van der Waals surface area (Å²) in [6.07, 6.45) is 0. The average Bonchev–Trinajstić information content (AvgIpc) is 2.11. The summed E-state index contributed by atoms with van der Waals surface area (Å²) in [4.78, 5) is 11.2. The molecule has 0 saturated carbocycles. The maximum atomic E-state index is 11.4. The lowest BCUT2D eigenvalue weighted by Crippen LogP contribution is -2.39. The lowest BCUT2D eigenvalue weighted by atomic mass is 10.4. The van der Waals surface area contributed by atoms with E-state index < -0.39 is 9.84 Å². The van der Waals surface area contributed by atoms with E-state index in [1.807, 2.05) is 13.8 Å². The predicted octanol–water partition coefficient (Wildman–Crippen LogP) is -0.0762. The lowest BCUT2D eigenvalue weighted by Gasteiger charge is -2.10. The summed E-state index contributed by atoms with van der Waals surface area (Å²) < 4.78 is 22.8. The Balaban J connectivity index is 3.73. The van der Waals surface area contributed by atoms with Crippen LogP contribution in [0.3, 0.4) is 0 Å². The number of hydrogen-bond donors (Lipinski definition) is 2. The van der Waals surface area contributed by atoms with Crippen LogP contribution in [0.2, 0.25) is 0 Å². The Kier molecular flexibility index (Phi) is 6.59. The molecular weight excluding hydrogens is 228 g/mol. The Hall–Kier alpha value is -0.620. The van der Waals surface area contributed by atoms with Crippen LogP contribution in [-0.2, 0) is 14.6 Å². The quantitative estimate of drug-likeness (QED) is 0.620. The normalized spacial score (nSPS) is 12.1. The van der Waals surface area contributed by atoms with Gasteiger partial charge in [-0.2, -0.15) is 0 Å². The van der Waals surface area contributed by atoms with Crippen molar-refractivity contribution in [2.24, 2.45) is 0 Å². The Morgan fingerprint density at radius 1 is 1.19 bits per heavy atom. The van der Waals surface area contributed by atoms with Crippen molar-refractivity contribution >= 4 is 15.7 Å². The fourth-order valence-corrected chi connectivity index (χ4v) is 1.93. The van der Waals surface area contributed by atoms with Crippen molar-refractivity contribution in [1.82, 2.24) is 10.6 Å². The van der Waals surface area contributed by atoms with Crippen molar-refractivity contribution in [2.45, 2.75) is 39.0 Å². The number of nitrogens with one attached hydrogen (secondary N) is 2. The van der Waals surface area contributed by atoms with Gasteiger partial charge in [0, 0.05) is 12.6 Å². The third kappa shape index (κ3) is 6.79.